The summed E-state index contributed by atoms with van der Waals surface area (Å²) in [5, 5.41) is 6.80. The van der Waals surface area contributed by atoms with Crippen molar-refractivity contribution < 1.29 is 17.7 Å². The Hall–Kier alpha value is -3.96. The predicted molar refractivity (Wildman–Crippen MR) is 141 cm³/mol. The molecule has 1 saturated carbocycles. The summed E-state index contributed by atoms with van der Waals surface area (Å²) in [6, 6.07) is 16.8. The molecule has 2 aliphatic rings. The highest BCUT2D eigenvalue weighted by Crippen LogP contribution is 2.48. The molecule has 11 heteroatoms. The molecule has 38 heavy (non-hydrogen) atoms. The second-order valence-electron chi connectivity index (χ2n) is 9.35. The number of rotatable bonds is 9. The van der Waals surface area contributed by atoms with Crippen molar-refractivity contribution in [3.05, 3.63) is 90.3 Å². The van der Waals surface area contributed by atoms with Crippen molar-refractivity contribution in [3.63, 3.8) is 0 Å². The zero-order chi connectivity index (χ0) is 26.1. The summed E-state index contributed by atoms with van der Waals surface area (Å²) in [5.41, 5.74) is 1.60. The van der Waals surface area contributed by atoms with Crippen LogP contribution in [0.4, 0.5) is 20.4 Å². The number of nitrogens with zero attached hydrogens (tertiary/aromatic N) is 3. The summed E-state index contributed by atoms with van der Waals surface area (Å²) in [6.07, 6.45) is 4.20. The van der Waals surface area contributed by atoms with E-state index in [-0.39, 0.29) is 28.6 Å². The van der Waals surface area contributed by atoms with Crippen LogP contribution in [0.2, 0.25) is 0 Å². The molecular weight excluding hydrogens is 510 g/mol. The topological polar surface area (TPSA) is 101 Å². The van der Waals surface area contributed by atoms with E-state index in [1.807, 2.05) is 30.3 Å². The fourth-order valence-corrected chi connectivity index (χ4v) is 5.64. The molecule has 1 saturated heterocycles. The van der Waals surface area contributed by atoms with Gasteiger partial charge < -0.3 is 20.1 Å². The molecule has 2 fully saturated rings. The fourth-order valence-electron chi connectivity index (χ4n) is 4.67. The van der Waals surface area contributed by atoms with E-state index in [0.717, 1.165) is 25.1 Å². The Morgan fingerprint density at radius 1 is 1.03 bits per heavy atom. The number of nitrogens with one attached hydrogen (secondary N) is 3. The first-order valence-corrected chi connectivity index (χ1v) is 13.4. The minimum atomic E-state index is -1.65. The lowest BCUT2D eigenvalue weighted by Gasteiger charge is -2.15. The van der Waals surface area contributed by atoms with Crippen molar-refractivity contribution in [2.24, 2.45) is 5.92 Å². The van der Waals surface area contributed by atoms with Crippen molar-refractivity contribution in [1.29, 1.82) is 0 Å². The van der Waals surface area contributed by atoms with Crippen LogP contribution >= 0.6 is 0 Å². The van der Waals surface area contributed by atoms with Gasteiger partial charge in [0, 0.05) is 25.5 Å². The number of pyridine rings is 1. The van der Waals surface area contributed by atoms with Gasteiger partial charge in [0.2, 0.25) is 17.6 Å². The molecule has 3 N–H and O–H groups in total. The van der Waals surface area contributed by atoms with E-state index in [1.54, 1.807) is 24.4 Å². The molecule has 0 bridgehead atoms. The molecular formula is C27H24F2N6O2S. The van der Waals surface area contributed by atoms with Crippen LogP contribution < -0.4 is 20.1 Å². The van der Waals surface area contributed by atoms with Gasteiger partial charge >= 0.3 is 0 Å². The summed E-state index contributed by atoms with van der Waals surface area (Å²) in [4.78, 5) is 13.2. The molecule has 6 rings (SSSR count). The monoisotopic (exact) mass is 534 g/mol. The van der Waals surface area contributed by atoms with E-state index < -0.39 is 22.6 Å². The van der Waals surface area contributed by atoms with E-state index in [2.05, 4.69) is 30.3 Å². The molecule has 3 heterocycles. The number of ether oxygens (including phenoxy) is 1. The molecule has 3 atom stereocenters. The SMILES string of the molecule is O=S(Cc1ccccc1)Nc1ccc(Oc2ncccc2-c2ccnc(NC34CNCC3C4)n2)c(F)c1F. The number of benzene rings is 2. The Bertz CT molecular complexity index is 1510. The second-order valence-corrected chi connectivity index (χ2v) is 10.5. The lowest BCUT2D eigenvalue weighted by Crippen LogP contribution is -2.30. The molecule has 8 nitrogen and oxygen atoms in total. The molecule has 4 aromatic rings. The van der Waals surface area contributed by atoms with Crippen molar-refractivity contribution in [3.8, 4) is 22.9 Å². The van der Waals surface area contributed by atoms with E-state index in [1.165, 1.54) is 18.3 Å². The van der Waals surface area contributed by atoms with Crippen molar-refractivity contribution in [1.82, 2.24) is 20.3 Å². The van der Waals surface area contributed by atoms with Crippen LogP contribution in [0.5, 0.6) is 11.6 Å². The summed E-state index contributed by atoms with van der Waals surface area (Å²) < 4.78 is 50.5. The largest absolute Gasteiger partial charge is 0.435 e. The molecule has 194 valence electrons. The zero-order valence-corrected chi connectivity index (χ0v) is 21.0. The Labute approximate surface area is 220 Å². The molecule has 0 spiro atoms. The third-order valence-corrected chi connectivity index (χ3v) is 7.79. The maximum atomic E-state index is 15.0. The smallest absolute Gasteiger partial charge is 0.228 e. The summed E-state index contributed by atoms with van der Waals surface area (Å²) >= 11 is 0. The van der Waals surface area contributed by atoms with Crippen molar-refractivity contribution in [2.75, 3.05) is 23.1 Å². The van der Waals surface area contributed by atoms with Crippen LogP contribution in [0.25, 0.3) is 11.3 Å². The normalized spacial score (nSPS) is 20.4. The van der Waals surface area contributed by atoms with Gasteiger partial charge in [0.15, 0.2) is 11.6 Å². The van der Waals surface area contributed by atoms with Crippen molar-refractivity contribution >= 4 is 22.6 Å². The van der Waals surface area contributed by atoms with Crippen molar-refractivity contribution in [2.45, 2.75) is 17.7 Å². The van der Waals surface area contributed by atoms with Gasteiger partial charge in [-0.05, 0) is 48.2 Å². The molecule has 0 radical (unpaired) electrons. The average Bonchev–Trinajstić information content (AvgIpc) is 3.46. The zero-order valence-electron chi connectivity index (χ0n) is 20.2. The Balaban J connectivity index is 1.20. The third kappa shape index (κ3) is 4.94. The van der Waals surface area contributed by atoms with Gasteiger partial charge in [-0.15, -0.1) is 0 Å². The van der Waals surface area contributed by atoms with Gasteiger partial charge in [0.1, 0.15) is 11.0 Å². The van der Waals surface area contributed by atoms with Gasteiger partial charge in [-0.25, -0.2) is 23.6 Å². The molecule has 2 aromatic heterocycles. The lowest BCUT2D eigenvalue weighted by molar-refractivity contribution is 0.408. The number of hydrogen-bond donors (Lipinski definition) is 3. The molecule has 1 aliphatic carbocycles. The highest BCUT2D eigenvalue weighted by Gasteiger charge is 2.57. The summed E-state index contributed by atoms with van der Waals surface area (Å²) in [7, 11) is -1.65. The Morgan fingerprint density at radius 2 is 1.89 bits per heavy atom. The van der Waals surface area contributed by atoms with Crippen LogP contribution in [-0.2, 0) is 16.7 Å². The third-order valence-electron chi connectivity index (χ3n) is 6.74. The highest BCUT2D eigenvalue weighted by molar-refractivity contribution is 7.85. The number of aromatic nitrogens is 3. The van der Waals surface area contributed by atoms with Gasteiger partial charge in [-0.1, -0.05) is 30.3 Å². The van der Waals surface area contributed by atoms with E-state index in [0.29, 0.717) is 23.1 Å². The Morgan fingerprint density at radius 3 is 2.68 bits per heavy atom. The van der Waals surface area contributed by atoms with E-state index in [4.69, 9.17) is 4.74 Å². The number of fused-ring (bicyclic) bond motifs is 1. The summed E-state index contributed by atoms with van der Waals surface area (Å²) in [5.74, 6) is -1.51. The minimum Gasteiger partial charge on any atom is -0.435 e. The predicted octanol–water partition coefficient (Wildman–Crippen LogP) is 4.66. The number of anilines is 2. The average molecular weight is 535 g/mol. The maximum absolute atomic E-state index is 15.0. The quantitative estimate of drug-likeness (QED) is 0.287. The minimum absolute atomic E-state index is 0.00586. The Kier molecular flexibility index (Phi) is 6.46. The molecule has 2 aromatic carbocycles. The van der Waals surface area contributed by atoms with Gasteiger partial charge in [0.25, 0.3) is 0 Å². The van der Waals surface area contributed by atoms with Crippen LogP contribution in [-0.4, -0.2) is 37.8 Å². The first-order valence-electron chi connectivity index (χ1n) is 12.1. The van der Waals surface area contributed by atoms with Crippen LogP contribution in [0.1, 0.15) is 12.0 Å². The number of piperidine rings is 1. The summed E-state index contributed by atoms with van der Waals surface area (Å²) in [6.45, 7) is 1.84. The lowest BCUT2D eigenvalue weighted by atomic mass is 10.2. The van der Waals surface area contributed by atoms with E-state index >= 15 is 0 Å². The first-order chi connectivity index (χ1) is 18.5. The van der Waals surface area contributed by atoms with E-state index in [9.17, 15) is 13.0 Å². The fraction of sp³-hybridized carbons (Fsp3) is 0.222. The molecule has 3 unspecified atom stereocenters. The van der Waals surface area contributed by atoms with Gasteiger partial charge in [-0.2, -0.15) is 4.39 Å². The second kappa shape index (κ2) is 10.1. The molecule has 0 amide bonds. The van der Waals surface area contributed by atoms with Gasteiger partial charge in [0.05, 0.1) is 28.2 Å². The van der Waals surface area contributed by atoms with Crippen LogP contribution in [0.3, 0.4) is 0 Å². The standard InChI is InChI=1S/C27H24F2N6O2S/c28-23-21(35-38(36)15-17-5-2-1-3-6-17)8-9-22(24(23)29)37-25-19(7-4-11-31-25)20-10-12-32-26(33-20)34-27-13-18(27)14-30-16-27/h1-12,18,30,35H,13-16H2,(H,32,33,34). The van der Waals surface area contributed by atoms with Crippen LogP contribution in [0.15, 0.2) is 73.1 Å². The highest BCUT2D eigenvalue weighted by atomic mass is 32.2. The maximum Gasteiger partial charge on any atom is 0.228 e. The van der Waals surface area contributed by atoms with Crippen LogP contribution in [0, 0.1) is 17.6 Å². The first kappa shape index (κ1) is 24.4. The number of halogens is 2. The number of hydrogen-bond acceptors (Lipinski definition) is 7. The van der Waals surface area contributed by atoms with Gasteiger partial charge in [-0.3, -0.25) is 0 Å². The molecule has 1 aliphatic heterocycles.